The van der Waals surface area contributed by atoms with Crippen LogP contribution in [0.2, 0.25) is 5.02 Å². The first-order chi connectivity index (χ1) is 10.9. The average Bonchev–Trinajstić information content (AvgIpc) is 2.77. The largest absolute Gasteiger partial charge is 0.548 e. The molecule has 1 fully saturated rings. The lowest BCUT2D eigenvalue weighted by molar-refractivity contribution is -0.310. The van der Waals surface area contributed by atoms with Crippen molar-refractivity contribution in [3.05, 3.63) is 39.8 Å². The molecule has 0 bridgehead atoms. The van der Waals surface area contributed by atoms with Crippen LogP contribution < -0.4 is 5.11 Å². The van der Waals surface area contributed by atoms with Gasteiger partial charge in [-0.25, -0.2) is 0 Å². The predicted octanol–water partition coefficient (Wildman–Crippen LogP) is 2.41. The molecule has 1 aromatic carbocycles. The molecule has 0 saturated carbocycles. The van der Waals surface area contributed by atoms with Crippen LogP contribution in [0.5, 0.6) is 0 Å². The molecule has 0 N–H and O–H groups in total. The van der Waals surface area contributed by atoms with E-state index in [9.17, 15) is 14.7 Å². The van der Waals surface area contributed by atoms with Crippen LogP contribution in [0.4, 0.5) is 0 Å². The summed E-state index contributed by atoms with van der Waals surface area (Å²) in [4.78, 5) is 25.4. The minimum Gasteiger partial charge on any atom is -0.548 e. The van der Waals surface area contributed by atoms with E-state index in [2.05, 4.69) is 0 Å². The third-order valence-electron chi connectivity index (χ3n) is 3.17. The number of hydrogen-bond acceptors (Lipinski definition) is 6. The maximum absolute atomic E-state index is 12.5. The fraction of sp³-hybridized carbons (Fsp3) is 0.267. The van der Waals surface area contributed by atoms with Gasteiger partial charge >= 0.3 is 0 Å². The second-order valence-electron chi connectivity index (χ2n) is 4.72. The van der Waals surface area contributed by atoms with Gasteiger partial charge < -0.3 is 9.90 Å². The fourth-order valence-electron chi connectivity index (χ4n) is 2.04. The number of thioether (sulfide) groups is 2. The van der Waals surface area contributed by atoms with Crippen LogP contribution in [0, 0.1) is 0 Å². The summed E-state index contributed by atoms with van der Waals surface area (Å²) in [6.07, 6.45) is 3.85. The summed E-state index contributed by atoms with van der Waals surface area (Å²) in [5.74, 6) is -1.08. The molecule has 1 saturated heterocycles. The van der Waals surface area contributed by atoms with Crippen molar-refractivity contribution in [3.8, 4) is 0 Å². The van der Waals surface area contributed by atoms with Gasteiger partial charge in [-0.2, -0.15) is 11.8 Å². The van der Waals surface area contributed by atoms with Crippen molar-refractivity contribution in [1.82, 2.24) is 4.90 Å². The number of carbonyl (C=O) groups is 2. The number of amides is 1. The van der Waals surface area contributed by atoms with Crippen molar-refractivity contribution in [1.29, 1.82) is 0 Å². The average molecular weight is 387 g/mol. The summed E-state index contributed by atoms with van der Waals surface area (Å²) >= 11 is 13.6. The molecule has 2 rings (SSSR count). The molecule has 122 valence electrons. The monoisotopic (exact) mass is 386 g/mol. The van der Waals surface area contributed by atoms with Crippen molar-refractivity contribution >= 4 is 69.6 Å². The van der Waals surface area contributed by atoms with E-state index in [4.69, 9.17) is 23.8 Å². The summed E-state index contributed by atoms with van der Waals surface area (Å²) in [5, 5.41) is 12.0. The SMILES string of the molecule is CSCC[C@H](C(=O)[O-])N1C(=O)/C(=C\c2ccc(Cl)cc2)SC1=S. The molecule has 0 unspecified atom stereocenters. The number of carboxylic acids is 1. The highest BCUT2D eigenvalue weighted by Gasteiger charge is 2.37. The lowest BCUT2D eigenvalue weighted by atomic mass is 10.2. The number of carboxylic acid groups (broad SMARTS) is 1. The molecule has 1 amide bonds. The lowest BCUT2D eigenvalue weighted by Crippen LogP contribution is -2.50. The Morgan fingerprint density at radius 3 is 2.70 bits per heavy atom. The first-order valence-electron chi connectivity index (χ1n) is 6.66. The molecule has 1 aromatic rings. The second-order valence-corrected chi connectivity index (χ2v) is 7.82. The van der Waals surface area contributed by atoms with E-state index in [1.807, 2.05) is 6.26 Å². The van der Waals surface area contributed by atoms with Gasteiger partial charge in [0.15, 0.2) is 0 Å². The van der Waals surface area contributed by atoms with Crippen molar-refractivity contribution in [3.63, 3.8) is 0 Å². The minimum atomic E-state index is -1.29. The zero-order valence-electron chi connectivity index (χ0n) is 12.2. The van der Waals surface area contributed by atoms with E-state index < -0.39 is 17.9 Å². The molecule has 0 radical (unpaired) electrons. The summed E-state index contributed by atoms with van der Waals surface area (Å²) in [5.41, 5.74) is 0.795. The Morgan fingerprint density at radius 1 is 1.48 bits per heavy atom. The second kappa shape index (κ2) is 8.19. The summed E-state index contributed by atoms with van der Waals surface area (Å²) < 4.78 is 0.241. The molecule has 8 heteroatoms. The van der Waals surface area contributed by atoms with Gasteiger partial charge in [0.05, 0.1) is 16.9 Å². The van der Waals surface area contributed by atoms with Crippen molar-refractivity contribution in [2.75, 3.05) is 12.0 Å². The van der Waals surface area contributed by atoms with Crippen LogP contribution in [-0.2, 0) is 9.59 Å². The van der Waals surface area contributed by atoms with Gasteiger partial charge in [0.25, 0.3) is 5.91 Å². The molecule has 1 heterocycles. The molecule has 0 spiro atoms. The van der Waals surface area contributed by atoms with Crippen LogP contribution in [-0.4, -0.2) is 39.1 Å². The molecule has 1 atom stereocenters. The van der Waals surface area contributed by atoms with Gasteiger partial charge in [-0.1, -0.05) is 47.7 Å². The smallest absolute Gasteiger partial charge is 0.266 e. The number of carbonyl (C=O) groups excluding carboxylic acids is 2. The normalized spacial score (nSPS) is 17.8. The van der Waals surface area contributed by atoms with E-state index in [-0.39, 0.29) is 4.32 Å². The zero-order valence-corrected chi connectivity index (χ0v) is 15.4. The standard InChI is InChI=1S/C15H14ClNO3S3/c1-22-7-6-11(14(19)20)17-13(18)12(23-15(17)21)8-9-2-4-10(16)5-3-9/h2-5,8,11H,6-7H2,1H3,(H,19,20)/p-1/b12-8+/t11-/m1/s1. The third kappa shape index (κ3) is 4.50. The van der Waals surface area contributed by atoms with Crippen molar-refractivity contribution in [2.45, 2.75) is 12.5 Å². The molecule has 0 aromatic heterocycles. The lowest BCUT2D eigenvalue weighted by Gasteiger charge is -2.27. The number of thiocarbonyl (C=S) groups is 1. The molecule has 1 aliphatic rings. The highest BCUT2D eigenvalue weighted by Crippen LogP contribution is 2.34. The van der Waals surface area contributed by atoms with E-state index in [1.165, 1.54) is 11.8 Å². The molecular formula is C15H13ClNO3S3-. The van der Waals surface area contributed by atoms with Crippen LogP contribution in [0.25, 0.3) is 6.08 Å². The Labute approximate surface area is 153 Å². The van der Waals surface area contributed by atoms with Gasteiger partial charge in [-0.3, -0.25) is 9.69 Å². The molecule has 0 aliphatic carbocycles. The highest BCUT2D eigenvalue weighted by molar-refractivity contribution is 8.26. The Morgan fingerprint density at radius 2 is 2.13 bits per heavy atom. The van der Waals surface area contributed by atoms with Crippen LogP contribution in [0.3, 0.4) is 0 Å². The predicted molar refractivity (Wildman–Crippen MR) is 98.3 cm³/mol. The van der Waals surface area contributed by atoms with Crippen LogP contribution >= 0.6 is 47.3 Å². The summed E-state index contributed by atoms with van der Waals surface area (Å²) in [7, 11) is 0. The zero-order chi connectivity index (χ0) is 17.0. The van der Waals surface area contributed by atoms with Crippen LogP contribution in [0.1, 0.15) is 12.0 Å². The molecule has 1 aliphatic heterocycles. The van der Waals surface area contributed by atoms with E-state index >= 15 is 0 Å². The first-order valence-corrected chi connectivity index (χ1v) is 9.66. The number of aliphatic carboxylic acids is 1. The van der Waals surface area contributed by atoms with Gasteiger partial charge in [0.2, 0.25) is 0 Å². The maximum atomic E-state index is 12.5. The Balaban J connectivity index is 2.24. The Bertz CT molecular complexity index is 660. The maximum Gasteiger partial charge on any atom is 0.266 e. The summed E-state index contributed by atoms with van der Waals surface area (Å²) in [6.45, 7) is 0. The van der Waals surface area contributed by atoms with E-state index in [1.54, 1.807) is 30.3 Å². The molecule has 23 heavy (non-hydrogen) atoms. The fourth-order valence-corrected chi connectivity index (χ4v) is 3.98. The van der Waals surface area contributed by atoms with Gasteiger partial charge in [0.1, 0.15) is 4.32 Å². The Hall–Kier alpha value is -1.02. The number of rotatable bonds is 6. The minimum absolute atomic E-state index is 0.241. The first kappa shape index (κ1) is 18.3. The molecule has 4 nitrogen and oxygen atoms in total. The number of hydrogen-bond donors (Lipinski definition) is 0. The molecular weight excluding hydrogens is 374 g/mol. The number of halogens is 1. The van der Waals surface area contributed by atoms with E-state index in [0.29, 0.717) is 22.1 Å². The topological polar surface area (TPSA) is 60.4 Å². The number of benzene rings is 1. The van der Waals surface area contributed by atoms with Gasteiger partial charge in [-0.15, -0.1) is 0 Å². The van der Waals surface area contributed by atoms with Gasteiger partial charge in [0, 0.05) is 5.02 Å². The van der Waals surface area contributed by atoms with Crippen molar-refractivity contribution in [2.24, 2.45) is 0 Å². The Kier molecular flexibility index (Phi) is 6.52. The quantitative estimate of drug-likeness (QED) is 0.552. The highest BCUT2D eigenvalue weighted by atomic mass is 35.5. The van der Waals surface area contributed by atoms with Gasteiger partial charge in [-0.05, 0) is 42.2 Å². The van der Waals surface area contributed by atoms with Crippen molar-refractivity contribution < 1.29 is 14.7 Å². The summed E-state index contributed by atoms with van der Waals surface area (Å²) in [6, 6.07) is 5.95. The third-order valence-corrected chi connectivity index (χ3v) is 5.40. The number of nitrogens with zero attached hydrogens (tertiary/aromatic N) is 1. The van der Waals surface area contributed by atoms with E-state index in [0.717, 1.165) is 22.2 Å². The van der Waals surface area contributed by atoms with Crippen LogP contribution in [0.15, 0.2) is 29.2 Å².